The van der Waals surface area contributed by atoms with Gasteiger partial charge in [0.2, 0.25) is 5.91 Å². The molecule has 19 heavy (non-hydrogen) atoms. The molecule has 1 amide bonds. The fourth-order valence-electron chi connectivity index (χ4n) is 1.48. The third-order valence-corrected chi connectivity index (χ3v) is 2.39. The molecular formula is C14H19NO4. The maximum absolute atomic E-state index is 11.6. The summed E-state index contributed by atoms with van der Waals surface area (Å²) in [6, 6.07) is 4.82. The number of rotatable bonds is 6. The summed E-state index contributed by atoms with van der Waals surface area (Å²) >= 11 is 0. The molecule has 104 valence electrons. The van der Waals surface area contributed by atoms with Gasteiger partial charge in [0.15, 0.2) is 0 Å². The molecule has 0 bridgehead atoms. The standard InChI is InChI=1S/C14H19NO4/c1-4-13(16)15-11-8-7-10(14(17)19-6-3)9-12(11)18-5-2/h7-9H,4-6H2,1-3H3,(H,15,16). The Hall–Kier alpha value is -2.04. The summed E-state index contributed by atoms with van der Waals surface area (Å²) in [7, 11) is 0. The quantitative estimate of drug-likeness (QED) is 0.803. The highest BCUT2D eigenvalue weighted by molar-refractivity contribution is 5.95. The van der Waals surface area contributed by atoms with Crippen LogP contribution in [0.4, 0.5) is 5.69 Å². The van der Waals surface area contributed by atoms with E-state index in [-0.39, 0.29) is 5.91 Å². The van der Waals surface area contributed by atoms with E-state index >= 15 is 0 Å². The summed E-state index contributed by atoms with van der Waals surface area (Å²) in [6.07, 6.45) is 0.380. The Morgan fingerprint density at radius 3 is 2.47 bits per heavy atom. The van der Waals surface area contributed by atoms with E-state index in [0.717, 1.165) is 0 Å². The fourth-order valence-corrected chi connectivity index (χ4v) is 1.48. The van der Waals surface area contributed by atoms with Crippen molar-refractivity contribution in [3.63, 3.8) is 0 Å². The third kappa shape index (κ3) is 4.28. The van der Waals surface area contributed by atoms with Crippen LogP contribution in [0.15, 0.2) is 18.2 Å². The summed E-state index contributed by atoms with van der Waals surface area (Å²) in [6.45, 7) is 6.11. The molecule has 1 aromatic rings. The van der Waals surface area contributed by atoms with Crippen LogP contribution in [-0.4, -0.2) is 25.1 Å². The molecule has 0 aromatic heterocycles. The van der Waals surface area contributed by atoms with Crippen LogP contribution in [0.2, 0.25) is 0 Å². The second kappa shape index (κ2) is 7.41. The summed E-state index contributed by atoms with van der Waals surface area (Å²) in [4.78, 5) is 23.0. The van der Waals surface area contributed by atoms with Crippen LogP contribution in [0.25, 0.3) is 0 Å². The van der Waals surface area contributed by atoms with E-state index in [1.165, 1.54) is 0 Å². The average Bonchev–Trinajstić information content (AvgIpc) is 2.41. The van der Waals surface area contributed by atoms with E-state index in [9.17, 15) is 9.59 Å². The highest BCUT2D eigenvalue weighted by Crippen LogP contribution is 2.26. The molecule has 1 rings (SSSR count). The van der Waals surface area contributed by atoms with Gasteiger partial charge in [0, 0.05) is 6.42 Å². The van der Waals surface area contributed by atoms with Crippen molar-refractivity contribution in [3.05, 3.63) is 23.8 Å². The van der Waals surface area contributed by atoms with E-state index < -0.39 is 5.97 Å². The molecule has 0 radical (unpaired) electrons. The minimum Gasteiger partial charge on any atom is -0.492 e. The number of amides is 1. The number of ether oxygens (including phenoxy) is 2. The Labute approximate surface area is 112 Å². The Bertz CT molecular complexity index is 457. The molecule has 0 saturated carbocycles. The van der Waals surface area contributed by atoms with Gasteiger partial charge in [0.05, 0.1) is 24.5 Å². The number of carbonyl (C=O) groups is 2. The topological polar surface area (TPSA) is 64.6 Å². The molecule has 1 N–H and O–H groups in total. The van der Waals surface area contributed by atoms with Crippen LogP contribution in [0, 0.1) is 0 Å². The van der Waals surface area contributed by atoms with Gasteiger partial charge in [0.25, 0.3) is 0 Å². The van der Waals surface area contributed by atoms with E-state index in [4.69, 9.17) is 9.47 Å². The van der Waals surface area contributed by atoms with Gasteiger partial charge in [-0.1, -0.05) is 6.92 Å². The Morgan fingerprint density at radius 2 is 1.89 bits per heavy atom. The molecule has 0 saturated heterocycles. The van der Waals surface area contributed by atoms with Gasteiger partial charge >= 0.3 is 5.97 Å². The first-order valence-corrected chi connectivity index (χ1v) is 6.36. The first kappa shape index (κ1) is 15.0. The number of benzene rings is 1. The Kier molecular flexibility index (Phi) is 5.85. The van der Waals surface area contributed by atoms with Gasteiger partial charge in [-0.05, 0) is 32.0 Å². The van der Waals surface area contributed by atoms with Crippen LogP contribution >= 0.6 is 0 Å². The SMILES string of the molecule is CCOC(=O)c1ccc(NC(=O)CC)c(OCC)c1. The lowest BCUT2D eigenvalue weighted by Gasteiger charge is -2.12. The first-order valence-electron chi connectivity index (χ1n) is 6.36. The largest absolute Gasteiger partial charge is 0.492 e. The molecule has 1 aromatic carbocycles. The van der Waals surface area contributed by atoms with Crippen molar-refractivity contribution in [1.82, 2.24) is 0 Å². The summed E-state index contributed by atoms with van der Waals surface area (Å²) in [5.41, 5.74) is 0.960. The number of anilines is 1. The highest BCUT2D eigenvalue weighted by atomic mass is 16.5. The van der Waals surface area contributed by atoms with Crippen molar-refractivity contribution in [2.45, 2.75) is 27.2 Å². The molecule has 5 nitrogen and oxygen atoms in total. The van der Waals surface area contributed by atoms with Crippen LogP contribution in [-0.2, 0) is 9.53 Å². The molecule has 5 heteroatoms. The predicted molar refractivity (Wildman–Crippen MR) is 72.5 cm³/mol. The minimum absolute atomic E-state index is 0.107. The summed E-state index contributed by atoms with van der Waals surface area (Å²) in [5, 5.41) is 2.73. The Balaban J connectivity index is 2.99. The zero-order valence-corrected chi connectivity index (χ0v) is 11.5. The molecule has 0 atom stereocenters. The van der Waals surface area contributed by atoms with Crippen LogP contribution in [0.3, 0.4) is 0 Å². The smallest absolute Gasteiger partial charge is 0.338 e. The van der Waals surface area contributed by atoms with Gasteiger partial charge in [0.1, 0.15) is 5.75 Å². The number of nitrogens with one attached hydrogen (secondary N) is 1. The first-order chi connectivity index (χ1) is 9.12. The molecule has 0 heterocycles. The van der Waals surface area contributed by atoms with Crippen molar-refractivity contribution >= 4 is 17.6 Å². The summed E-state index contributed by atoms with van der Waals surface area (Å²) < 4.78 is 10.4. The van der Waals surface area contributed by atoms with E-state index in [1.54, 1.807) is 32.0 Å². The normalized spacial score (nSPS) is 9.84. The second-order valence-corrected chi connectivity index (χ2v) is 3.77. The van der Waals surface area contributed by atoms with Crippen molar-refractivity contribution < 1.29 is 19.1 Å². The van der Waals surface area contributed by atoms with E-state index in [1.807, 2.05) is 6.92 Å². The number of hydrogen-bond acceptors (Lipinski definition) is 4. The van der Waals surface area contributed by atoms with Crippen LogP contribution < -0.4 is 10.1 Å². The monoisotopic (exact) mass is 265 g/mol. The van der Waals surface area contributed by atoms with Gasteiger partial charge < -0.3 is 14.8 Å². The predicted octanol–water partition coefficient (Wildman–Crippen LogP) is 2.61. The molecular weight excluding hydrogens is 246 g/mol. The second-order valence-electron chi connectivity index (χ2n) is 3.77. The Morgan fingerprint density at radius 1 is 1.16 bits per heavy atom. The third-order valence-electron chi connectivity index (χ3n) is 2.39. The van der Waals surface area contributed by atoms with Gasteiger partial charge in [-0.3, -0.25) is 4.79 Å². The van der Waals surface area contributed by atoms with Crippen molar-refractivity contribution in [1.29, 1.82) is 0 Å². The molecule has 0 aliphatic rings. The minimum atomic E-state index is -0.406. The van der Waals surface area contributed by atoms with E-state index in [0.29, 0.717) is 36.6 Å². The lowest BCUT2D eigenvalue weighted by Crippen LogP contribution is -2.12. The van der Waals surface area contributed by atoms with Crippen molar-refractivity contribution in [3.8, 4) is 5.75 Å². The number of esters is 1. The zero-order valence-electron chi connectivity index (χ0n) is 11.5. The summed E-state index contributed by atoms with van der Waals surface area (Å²) in [5.74, 6) is -0.0449. The zero-order chi connectivity index (χ0) is 14.3. The van der Waals surface area contributed by atoms with Gasteiger partial charge in [-0.25, -0.2) is 4.79 Å². The highest BCUT2D eigenvalue weighted by Gasteiger charge is 2.12. The lowest BCUT2D eigenvalue weighted by molar-refractivity contribution is -0.115. The molecule has 0 unspecified atom stereocenters. The molecule has 0 aliphatic carbocycles. The van der Waals surface area contributed by atoms with Crippen molar-refractivity contribution in [2.24, 2.45) is 0 Å². The van der Waals surface area contributed by atoms with E-state index in [2.05, 4.69) is 5.32 Å². The molecule has 0 aliphatic heterocycles. The van der Waals surface area contributed by atoms with Crippen LogP contribution in [0.5, 0.6) is 5.75 Å². The van der Waals surface area contributed by atoms with Gasteiger partial charge in [-0.15, -0.1) is 0 Å². The van der Waals surface area contributed by atoms with Crippen LogP contribution in [0.1, 0.15) is 37.6 Å². The van der Waals surface area contributed by atoms with Crippen molar-refractivity contribution in [2.75, 3.05) is 18.5 Å². The average molecular weight is 265 g/mol. The number of hydrogen-bond donors (Lipinski definition) is 1. The molecule has 0 spiro atoms. The maximum atomic E-state index is 11.6. The number of carbonyl (C=O) groups excluding carboxylic acids is 2. The molecule has 0 fully saturated rings. The maximum Gasteiger partial charge on any atom is 0.338 e. The lowest BCUT2D eigenvalue weighted by atomic mass is 10.2. The van der Waals surface area contributed by atoms with Gasteiger partial charge in [-0.2, -0.15) is 0 Å². The fraction of sp³-hybridized carbons (Fsp3) is 0.429.